The molecule has 5 saturated heterocycles. The van der Waals surface area contributed by atoms with Gasteiger partial charge in [0.1, 0.15) is 13.2 Å². The number of ether oxygens (including phenoxy) is 8. The Morgan fingerprint density at radius 1 is 0.324 bits per heavy atom. The van der Waals surface area contributed by atoms with E-state index in [0.29, 0.717) is 80.3 Å². The van der Waals surface area contributed by atoms with Gasteiger partial charge >= 0.3 is 17.9 Å². The van der Waals surface area contributed by atoms with Gasteiger partial charge in [0.15, 0.2) is 6.10 Å². The Kier molecular flexibility index (Phi) is 29.0. The number of epoxide rings is 5. The Labute approximate surface area is 414 Å². The number of carbonyl (C=O) groups is 3. The number of esters is 3. The highest BCUT2D eigenvalue weighted by molar-refractivity contribution is 5.71. The Balaban J connectivity index is 0.866. The molecule has 11 heteroatoms. The minimum Gasteiger partial charge on any atom is -0.462 e. The number of hydrogen-bond acceptors (Lipinski definition) is 11. The fraction of sp³-hybridized carbons (Fsp3) is 0.947. The highest BCUT2D eigenvalue weighted by Gasteiger charge is 2.48. The monoisotopic (exact) mass is 961 g/mol. The van der Waals surface area contributed by atoms with E-state index in [4.69, 9.17) is 37.9 Å². The second kappa shape index (κ2) is 34.6. The second-order valence-electron chi connectivity index (χ2n) is 21.5. The summed E-state index contributed by atoms with van der Waals surface area (Å²) in [4.78, 5) is 38.4. The minimum absolute atomic E-state index is 0.103. The zero-order valence-corrected chi connectivity index (χ0v) is 43.6. The third-order valence-electron chi connectivity index (χ3n) is 15.2. The zero-order chi connectivity index (χ0) is 48.0. The number of carbonyl (C=O) groups excluding carboxylic acids is 3. The molecule has 0 spiro atoms. The average Bonchev–Trinajstić information content (AvgIpc) is 4.05. The van der Waals surface area contributed by atoms with Crippen molar-refractivity contribution in [1.82, 2.24) is 0 Å². The van der Waals surface area contributed by atoms with E-state index in [1.807, 2.05) is 0 Å². The lowest BCUT2D eigenvalue weighted by Gasteiger charge is -2.18. The van der Waals surface area contributed by atoms with Crippen LogP contribution in [0.1, 0.15) is 265 Å². The molecule has 11 nitrogen and oxygen atoms in total. The van der Waals surface area contributed by atoms with Gasteiger partial charge in [-0.05, 0) is 57.8 Å². The Hall–Kier alpha value is -1.79. The summed E-state index contributed by atoms with van der Waals surface area (Å²) in [5.41, 5.74) is 0. The van der Waals surface area contributed by atoms with Crippen LogP contribution in [0.2, 0.25) is 0 Å². The molecule has 0 aromatic rings. The molecule has 0 radical (unpaired) electrons. The highest BCUT2D eigenvalue weighted by Crippen LogP contribution is 2.40. The Bertz CT molecular complexity index is 1340. The van der Waals surface area contributed by atoms with Gasteiger partial charge in [-0.15, -0.1) is 0 Å². The molecule has 5 rings (SSSR count). The Morgan fingerprint density at radius 2 is 0.574 bits per heavy atom. The van der Waals surface area contributed by atoms with Crippen molar-refractivity contribution >= 4 is 17.9 Å². The van der Waals surface area contributed by atoms with Crippen LogP contribution in [0.5, 0.6) is 0 Å². The molecule has 0 bridgehead atoms. The van der Waals surface area contributed by atoms with Crippen molar-refractivity contribution in [3.63, 3.8) is 0 Å². The van der Waals surface area contributed by atoms with Gasteiger partial charge in [-0.1, -0.05) is 175 Å². The van der Waals surface area contributed by atoms with Crippen molar-refractivity contribution in [3.8, 4) is 0 Å². The second-order valence-corrected chi connectivity index (χ2v) is 21.5. The van der Waals surface area contributed by atoms with E-state index in [1.165, 1.54) is 103 Å². The number of hydrogen-bond donors (Lipinski definition) is 0. The quantitative estimate of drug-likeness (QED) is 0.0249. The predicted octanol–water partition coefficient (Wildman–Crippen LogP) is 13.7. The fourth-order valence-electron chi connectivity index (χ4n) is 10.3. The molecule has 5 aliphatic heterocycles. The maximum atomic E-state index is 12.9. The van der Waals surface area contributed by atoms with Crippen LogP contribution in [-0.4, -0.2) is 98.3 Å². The summed E-state index contributed by atoms with van der Waals surface area (Å²) in [5.74, 6) is -0.949. The summed E-state index contributed by atoms with van der Waals surface area (Å²) in [6.07, 6.45) is 44.4. The maximum absolute atomic E-state index is 12.9. The molecular weight excluding hydrogens is 861 g/mol. The number of unbranched alkanes of at least 4 members (excludes halogenated alkanes) is 21. The topological polar surface area (TPSA) is 142 Å². The summed E-state index contributed by atoms with van der Waals surface area (Å²) in [6.45, 7) is 6.53. The third kappa shape index (κ3) is 26.6. The summed E-state index contributed by atoms with van der Waals surface area (Å²) < 4.78 is 46.4. The van der Waals surface area contributed by atoms with Crippen LogP contribution < -0.4 is 0 Å². The lowest BCUT2D eigenvalue weighted by Crippen LogP contribution is -2.30. The van der Waals surface area contributed by atoms with Crippen LogP contribution in [-0.2, 0) is 52.3 Å². The van der Waals surface area contributed by atoms with Gasteiger partial charge in [-0.3, -0.25) is 14.4 Å². The molecule has 5 aliphatic rings. The molecule has 0 aromatic heterocycles. The molecule has 0 saturated carbocycles. The van der Waals surface area contributed by atoms with Crippen LogP contribution in [0.25, 0.3) is 0 Å². The fourth-order valence-corrected chi connectivity index (χ4v) is 10.3. The predicted molar refractivity (Wildman–Crippen MR) is 268 cm³/mol. The molecule has 0 aromatic carbocycles. The van der Waals surface area contributed by atoms with Gasteiger partial charge in [-0.25, -0.2) is 0 Å². The standard InChI is InChI=1S/C57H100O11/c1-4-7-10-11-15-24-33-45-46(64-45)34-25-16-12-19-28-37-55(58)61-42-44(63-57(60)39-30-21-14-18-27-36-50-54(68-50)41-52-48(66-52)32-23-9-6-3)43-62-56(59)38-29-20-13-17-26-35-49-53(67-49)40-51-47(65-51)31-22-8-5-2/h44-54H,4-43H2,1-3H3/t44?,45?,46?,47?,48?,49?,50?,51?,52-,53?,54?/m0/s1. The lowest BCUT2D eigenvalue weighted by atomic mass is 10.0. The molecule has 10 unspecified atom stereocenters. The van der Waals surface area contributed by atoms with Gasteiger partial charge in [0.05, 0.1) is 61.0 Å². The highest BCUT2D eigenvalue weighted by atomic mass is 16.6. The molecule has 5 fully saturated rings. The van der Waals surface area contributed by atoms with Gasteiger partial charge in [0.2, 0.25) is 0 Å². The first-order valence-electron chi connectivity index (χ1n) is 29.1. The molecule has 0 N–H and O–H groups in total. The third-order valence-corrected chi connectivity index (χ3v) is 15.2. The van der Waals surface area contributed by atoms with Gasteiger partial charge in [0, 0.05) is 32.1 Å². The smallest absolute Gasteiger partial charge is 0.306 e. The molecule has 11 atom stereocenters. The van der Waals surface area contributed by atoms with Crippen LogP contribution in [0.4, 0.5) is 0 Å². The van der Waals surface area contributed by atoms with Crippen molar-refractivity contribution in [1.29, 1.82) is 0 Å². The van der Waals surface area contributed by atoms with Gasteiger partial charge < -0.3 is 37.9 Å². The summed E-state index contributed by atoms with van der Waals surface area (Å²) >= 11 is 0. The van der Waals surface area contributed by atoms with Crippen LogP contribution in [0, 0.1) is 0 Å². The summed E-state index contributed by atoms with van der Waals surface area (Å²) in [7, 11) is 0. The molecule has 0 aliphatic carbocycles. The minimum atomic E-state index is -0.809. The molecule has 5 heterocycles. The number of rotatable bonds is 48. The van der Waals surface area contributed by atoms with E-state index in [1.54, 1.807) is 0 Å². The lowest BCUT2D eigenvalue weighted by molar-refractivity contribution is -0.167. The van der Waals surface area contributed by atoms with Crippen LogP contribution in [0.15, 0.2) is 0 Å². The summed E-state index contributed by atoms with van der Waals surface area (Å²) in [5, 5.41) is 0. The van der Waals surface area contributed by atoms with Crippen LogP contribution >= 0.6 is 0 Å². The first-order valence-corrected chi connectivity index (χ1v) is 29.1. The summed E-state index contributed by atoms with van der Waals surface area (Å²) in [6, 6.07) is 0. The van der Waals surface area contributed by atoms with Gasteiger partial charge in [-0.2, -0.15) is 0 Å². The van der Waals surface area contributed by atoms with E-state index in [0.717, 1.165) is 122 Å². The van der Waals surface area contributed by atoms with E-state index in [9.17, 15) is 14.4 Å². The average molecular weight is 961 g/mol. The van der Waals surface area contributed by atoms with Crippen molar-refractivity contribution in [2.45, 2.75) is 332 Å². The molecule has 0 amide bonds. The van der Waals surface area contributed by atoms with Gasteiger partial charge in [0.25, 0.3) is 0 Å². The SMILES string of the molecule is CCCCCCCCC1OC1CCCCCCCC(=O)OCC(COC(=O)CCCCCCCC1OC1CC1OC1CCCCC)OC(=O)CCCCCCCC1OC1C[C@@H]1OC1CCCCC. The molecule has 394 valence electrons. The zero-order valence-electron chi connectivity index (χ0n) is 43.6. The largest absolute Gasteiger partial charge is 0.462 e. The van der Waals surface area contributed by atoms with E-state index >= 15 is 0 Å². The van der Waals surface area contributed by atoms with Crippen molar-refractivity contribution < 1.29 is 52.3 Å². The van der Waals surface area contributed by atoms with Crippen molar-refractivity contribution in [2.24, 2.45) is 0 Å². The Morgan fingerprint density at radius 3 is 0.926 bits per heavy atom. The van der Waals surface area contributed by atoms with E-state index in [2.05, 4.69) is 20.8 Å². The molecular formula is C57H100O11. The van der Waals surface area contributed by atoms with Crippen molar-refractivity contribution in [2.75, 3.05) is 13.2 Å². The first-order chi connectivity index (χ1) is 33.4. The first kappa shape index (κ1) is 57.1. The van der Waals surface area contributed by atoms with E-state index in [-0.39, 0.29) is 31.1 Å². The molecule has 68 heavy (non-hydrogen) atoms. The van der Waals surface area contributed by atoms with Crippen molar-refractivity contribution in [3.05, 3.63) is 0 Å². The maximum Gasteiger partial charge on any atom is 0.306 e. The van der Waals surface area contributed by atoms with E-state index < -0.39 is 6.10 Å². The van der Waals surface area contributed by atoms with Crippen LogP contribution in [0.3, 0.4) is 0 Å². The normalized spacial score (nSPS) is 26.9.